The number of pyridine rings is 3. The Morgan fingerprint density at radius 2 is 2.08 bits per heavy atom. The summed E-state index contributed by atoms with van der Waals surface area (Å²) in [6, 6.07) is 12.9. The molecule has 0 saturated carbocycles. The average Bonchev–Trinajstić information content (AvgIpc) is 2.89. The minimum atomic E-state index is -0.365. The van der Waals surface area contributed by atoms with Gasteiger partial charge in [0.15, 0.2) is 0 Å². The summed E-state index contributed by atoms with van der Waals surface area (Å²) in [4.78, 5) is 26.1. The number of ether oxygens (including phenoxy) is 1. The first kappa shape index (κ1) is 25.6. The van der Waals surface area contributed by atoms with Gasteiger partial charge in [0.2, 0.25) is 0 Å². The van der Waals surface area contributed by atoms with Crippen LogP contribution in [-0.2, 0) is 13.2 Å². The number of hydrogen-bond donors (Lipinski definition) is 1. The quantitative estimate of drug-likeness (QED) is 0.365. The second-order valence-corrected chi connectivity index (χ2v) is 8.78. The third kappa shape index (κ3) is 5.22. The molecule has 4 aromatic rings. The van der Waals surface area contributed by atoms with E-state index in [9.17, 15) is 10.1 Å². The molecular weight excluding hydrogens is 488 g/mol. The number of aryl methyl sites for hydroxylation is 2. The summed E-state index contributed by atoms with van der Waals surface area (Å²) < 4.78 is 7.79. The highest BCUT2D eigenvalue weighted by molar-refractivity contribution is 6.31. The van der Waals surface area contributed by atoms with E-state index in [1.54, 1.807) is 25.4 Å². The van der Waals surface area contributed by atoms with Gasteiger partial charge in [-0.15, -0.1) is 0 Å². The van der Waals surface area contributed by atoms with Crippen LogP contribution in [0.15, 0.2) is 70.9 Å². The molecule has 2 N–H and O–H groups in total. The fourth-order valence-electron chi connectivity index (χ4n) is 4.13. The number of aromatic nitrogens is 3. The van der Waals surface area contributed by atoms with Gasteiger partial charge < -0.3 is 15.0 Å². The predicted molar refractivity (Wildman–Crippen MR) is 145 cm³/mol. The number of halogens is 1. The lowest BCUT2D eigenvalue weighted by Gasteiger charge is -2.16. The zero-order chi connectivity index (χ0) is 26.5. The van der Waals surface area contributed by atoms with Crippen molar-refractivity contribution in [2.45, 2.75) is 27.0 Å². The molecular formula is C28H25ClN6O2. The Labute approximate surface area is 219 Å². The number of para-hydroxylation sites is 1. The molecule has 0 fully saturated rings. The molecule has 0 aliphatic rings. The fourth-order valence-corrected chi connectivity index (χ4v) is 4.36. The largest absolute Gasteiger partial charge is 0.487 e. The minimum absolute atomic E-state index is 0.0749. The molecule has 4 rings (SSSR count). The molecule has 3 aromatic heterocycles. The van der Waals surface area contributed by atoms with E-state index < -0.39 is 0 Å². The van der Waals surface area contributed by atoms with Crippen molar-refractivity contribution in [3.8, 4) is 11.8 Å². The van der Waals surface area contributed by atoms with E-state index >= 15 is 0 Å². The van der Waals surface area contributed by atoms with Gasteiger partial charge in [-0.3, -0.25) is 14.8 Å². The molecule has 0 radical (unpaired) electrons. The first-order valence-electron chi connectivity index (χ1n) is 11.5. The monoisotopic (exact) mass is 512 g/mol. The summed E-state index contributed by atoms with van der Waals surface area (Å²) in [5.41, 5.74) is 10.6. The van der Waals surface area contributed by atoms with Crippen LogP contribution >= 0.6 is 11.6 Å². The van der Waals surface area contributed by atoms with E-state index in [1.165, 1.54) is 23.0 Å². The van der Waals surface area contributed by atoms with Crippen LogP contribution in [0.3, 0.4) is 0 Å². The van der Waals surface area contributed by atoms with Crippen molar-refractivity contribution in [1.82, 2.24) is 14.5 Å². The second-order valence-electron chi connectivity index (χ2n) is 8.37. The molecule has 0 saturated heterocycles. The van der Waals surface area contributed by atoms with Crippen molar-refractivity contribution in [2.75, 3.05) is 7.05 Å². The average molecular weight is 513 g/mol. The number of nitriles is 1. The summed E-state index contributed by atoms with van der Waals surface area (Å²) >= 11 is 6.53. The van der Waals surface area contributed by atoms with Crippen LogP contribution in [0, 0.1) is 25.2 Å². The van der Waals surface area contributed by atoms with Crippen LogP contribution < -0.4 is 16.0 Å². The van der Waals surface area contributed by atoms with Crippen LogP contribution in [0.2, 0.25) is 5.02 Å². The van der Waals surface area contributed by atoms with Gasteiger partial charge >= 0.3 is 0 Å². The number of benzene rings is 1. The summed E-state index contributed by atoms with van der Waals surface area (Å²) in [7, 11) is 1.71. The lowest BCUT2D eigenvalue weighted by molar-refractivity contribution is 0.307. The number of allylic oxidation sites excluding steroid dienone is 1. The molecule has 0 spiro atoms. The van der Waals surface area contributed by atoms with Crippen molar-refractivity contribution < 1.29 is 4.74 Å². The first-order valence-corrected chi connectivity index (χ1v) is 11.9. The van der Waals surface area contributed by atoms with Crippen LogP contribution in [0.5, 0.6) is 5.75 Å². The summed E-state index contributed by atoms with van der Waals surface area (Å²) in [6.07, 6.45) is 6.40. The van der Waals surface area contributed by atoms with Gasteiger partial charge in [-0.05, 0) is 56.0 Å². The molecule has 0 aliphatic heterocycles. The highest BCUT2D eigenvalue weighted by Gasteiger charge is 2.16. The van der Waals surface area contributed by atoms with E-state index in [1.807, 2.05) is 44.2 Å². The highest BCUT2D eigenvalue weighted by Crippen LogP contribution is 2.30. The number of aliphatic imine (C=N–C) groups is 1. The van der Waals surface area contributed by atoms with Gasteiger partial charge in [-0.1, -0.05) is 23.7 Å². The molecule has 3 heterocycles. The van der Waals surface area contributed by atoms with E-state index in [-0.39, 0.29) is 24.3 Å². The van der Waals surface area contributed by atoms with Gasteiger partial charge in [0.25, 0.3) is 5.56 Å². The van der Waals surface area contributed by atoms with Gasteiger partial charge in [-0.2, -0.15) is 5.26 Å². The van der Waals surface area contributed by atoms with Crippen LogP contribution in [0.4, 0.5) is 0 Å². The summed E-state index contributed by atoms with van der Waals surface area (Å²) in [5.74, 6) is 0.577. The minimum Gasteiger partial charge on any atom is -0.487 e. The second kappa shape index (κ2) is 11.1. The molecule has 0 atom stereocenters. The maximum atomic E-state index is 12.8. The Bertz CT molecular complexity index is 1650. The molecule has 0 amide bonds. The van der Waals surface area contributed by atoms with Crippen molar-refractivity contribution in [2.24, 2.45) is 10.7 Å². The Morgan fingerprint density at radius 1 is 1.27 bits per heavy atom. The normalized spacial score (nSPS) is 11.7. The van der Waals surface area contributed by atoms with Crippen molar-refractivity contribution >= 4 is 28.2 Å². The number of hydrogen-bond acceptors (Lipinski definition) is 7. The van der Waals surface area contributed by atoms with Gasteiger partial charge in [0, 0.05) is 47.3 Å². The van der Waals surface area contributed by atoms with Gasteiger partial charge in [0.1, 0.15) is 29.5 Å². The van der Waals surface area contributed by atoms with E-state index in [2.05, 4.69) is 9.98 Å². The molecule has 37 heavy (non-hydrogen) atoms. The molecule has 1 aromatic carbocycles. The molecule has 9 heteroatoms. The van der Waals surface area contributed by atoms with Crippen LogP contribution in [0.25, 0.3) is 10.9 Å². The topological polar surface area (TPSA) is 119 Å². The smallest absolute Gasteiger partial charge is 0.268 e. The summed E-state index contributed by atoms with van der Waals surface area (Å²) in [5, 5.41) is 10.6. The lowest BCUT2D eigenvalue weighted by Crippen LogP contribution is -2.25. The number of nitrogens with zero attached hydrogens (tertiary/aromatic N) is 5. The molecule has 0 unspecified atom stereocenters. The predicted octanol–water partition coefficient (Wildman–Crippen LogP) is 4.45. The Kier molecular flexibility index (Phi) is 7.66. The third-order valence-electron chi connectivity index (χ3n) is 6.01. The zero-order valence-electron chi connectivity index (χ0n) is 20.7. The SMILES string of the molecule is CN=C(/C=C\N)c1cc(C)nc2c(OCc3c(Cl)cncc3Cn3c(C)ccc(C#N)c3=O)cccc12. The van der Waals surface area contributed by atoms with Crippen molar-refractivity contribution in [3.05, 3.63) is 110 Å². The van der Waals surface area contributed by atoms with E-state index in [4.69, 9.17) is 27.1 Å². The van der Waals surface area contributed by atoms with Crippen LogP contribution in [-0.4, -0.2) is 27.3 Å². The van der Waals surface area contributed by atoms with E-state index in [0.717, 1.165) is 28.0 Å². The molecule has 186 valence electrons. The van der Waals surface area contributed by atoms with Gasteiger partial charge in [-0.25, -0.2) is 4.98 Å². The molecule has 8 nitrogen and oxygen atoms in total. The number of rotatable bonds is 7. The maximum absolute atomic E-state index is 12.8. The fraction of sp³-hybridized carbons (Fsp3) is 0.179. The number of fused-ring (bicyclic) bond motifs is 1. The summed E-state index contributed by atoms with van der Waals surface area (Å²) in [6.45, 7) is 4.05. The highest BCUT2D eigenvalue weighted by atomic mass is 35.5. The molecule has 0 bridgehead atoms. The Hall–Kier alpha value is -4.48. The first-order chi connectivity index (χ1) is 17.9. The van der Waals surface area contributed by atoms with Crippen molar-refractivity contribution in [1.29, 1.82) is 5.26 Å². The maximum Gasteiger partial charge on any atom is 0.268 e. The lowest BCUT2D eigenvalue weighted by atomic mass is 10.0. The zero-order valence-corrected chi connectivity index (χ0v) is 21.5. The van der Waals surface area contributed by atoms with Gasteiger partial charge in [0.05, 0.1) is 17.3 Å². The number of nitrogens with two attached hydrogens (primary N) is 1. The Morgan fingerprint density at radius 3 is 2.81 bits per heavy atom. The van der Waals surface area contributed by atoms with Crippen molar-refractivity contribution in [3.63, 3.8) is 0 Å². The standard InChI is InChI=1S/C28H25ClN6O2/c1-17-11-22(25(32-3)9-10-30)21-5-4-6-26(27(21)34-17)37-16-23-20(13-33-14-24(23)29)15-35-18(2)7-8-19(12-31)28(35)36/h4-11,13-14H,15-16,30H2,1-3H3/b10-9-,32-25?. The third-order valence-corrected chi connectivity index (χ3v) is 6.33. The Balaban J connectivity index is 1.73. The van der Waals surface area contributed by atoms with Crippen LogP contribution in [0.1, 0.15) is 33.6 Å². The molecule has 0 aliphatic carbocycles. The van der Waals surface area contributed by atoms with E-state index in [0.29, 0.717) is 27.4 Å².